The van der Waals surface area contributed by atoms with Crippen LogP contribution < -0.4 is 4.74 Å². The normalized spacial score (nSPS) is 11.9. The Hall–Kier alpha value is -2.29. The second kappa shape index (κ2) is 5.57. The Bertz CT molecular complexity index is 590. The van der Waals surface area contributed by atoms with Crippen LogP contribution in [0.4, 0.5) is 0 Å². The van der Waals surface area contributed by atoms with E-state index in [1.54, 1.807) is 14.0 Å². The number of carboxylic acid groups (broad SMARTS) is 1. The van der Waals surface area contributed by atoms with Crippen LogP contribution in [-0.2, 0) is 4.79 Å². The van der Waals surface area contributed by atoms with E-state index in [9.17, 15) is 4.79 Å². The van der Waals surface area contributed by atoms with Gasteiger partial charge in [0.25, 0.3) is 0 Å². The van der Waals surface area contributed by atoms with Crippen molar-refractivity contribution in [2.45, 2.75) is 12.8 Å². The number of carbonyl (C=O) groups is 1. The fraction of sp³-hybridized carbons (Fsp3) is 0.188. The highest BCUT2D eigenvalue weighted by Crippen LogP contribution is 2.31. The predicted molar refractivity (Wildman–Crippen MR) is 74.5 cm³/mol. The monoisotopic (exact) mass is 256 g/mol. The average molecular weight is 256 g/mol. The van der Waals surface area contributed by atoms with Crippen LogP contribution in [0.3, 0.4) is 0 Å². The number of carboxylic acids is 1. The molecule has 3 heteroatoms. The van der Waals surface area contributed by atoms with E-state index in [-0.39, 0.29) is 0 Å². The SMILES string of the molecule is COc1ccccc1-c1cccc(C(C)C(=O)O)c1. The highest BCUT2D eigenvalue weighted by atomic mass is 16.5. The van der Waals surface area contributed by atoms with Crippen LogP contribution in [0.2, 0.25) is 0 Å². The summed E-state index contributed by atoms with van der Waals surface area (Å²) in [6, 6.07) is 15.3. The minimum Gasteiger partial charge on any atom is -0.496 e. The minimum absolute atomic E-state index is 0.519. The van der Waals surface area contributed by atoms with E-state index < -0.39 is 11.9 Å². The number of para-hydroxylation sites is 1. The highest BCUT2D eigenvalue weighted by molar-refractivity contribution is 5.77. The first-order valence-electron chi connectivity index (χ1n) is 6.09. The molecule has 19 heavy (non-hydrogen) atoms. The van der Waals surface area contributed by atoms with Crippen molar-refractivity contribution in [3.05, 3.63) is 54.1 Å². The van der Waals surface area contributed by atoms with Gasteiger partial charge in [-0.1, -0.05) is 42.5 Å². The van der Waals surface area contributed by atoms with Gasteiger partial charge in [-0.2, -0.15) is 0 Å². The van der Waals surface area contributed by atoms with Gasteiger partial charge in [0.1, 0.15) is 5.75 Å². The van der Waals surface area contributed by atoms with Gasteiger partial charge in [0.2, 0.25) is 0 Å². The van der Waals surface area contributed by atoms with Crippen molar-refractivity contribution >= 4 is 5.97 Å². The summed E-state index contributed by atoms with van der Waals surface area (Å²) >= 11 is 0. The number of aliphatic carboxylic acids is 1. The first-order valence-corrected chi connectivity index (χ1v) is 6.09. The van der Waals surface area contributed by atoms with Crippen LogP contribution in [0, 0.1) is 0 Å². The lowest BCUT2D eigenvalue weighted by atomic mass is 9.96. The van der Waals surface area contributed by atoms with Gasteiger partial charge < -0.3 is 9.84 Å². The molecule has 0 aliphatic carbocycles. The van der Waals surface area contributed by atoms with Crippen LogP contribution in [0.5, 0.6) is 5.75 Å². The third-order valence-corrected chi connectivity index (χ3v) is 3.18. The molecule has 2 aromatic carbocycles. The molecule has 1 N–H and O–H groups in total. The Morgan fingerprint density at radius 3 is 2.58 bits per heavy atom. The van der Waals surface area contributed by atoms with E-state index in [4.69, 9.17) is 9.84 Å². The number of rotatable bonds is 4. The molecule has 0 radical (unpaired) electrons. The lowest BCUT2D eigenvalue weighted by molar-refractivity contribution is -0.138. The molecule has 2 rings (SSSR count). The molecule has 0 aromatic heterocycles. The fourth-order valence-electron chi connectivity index (χ4n) is 2.00. The van der Waals surface area contributed by atoms with Crippen LogP contribution in [0.25, 0.3) is 11.1 Å². The van der Waals surface area contributed by atoms with Gasteiger partial charge in [0, 0.05) is 5.56 Å². The van der Waals surface area contributed by atoms with Crippen molar-refractivity contribution < 1.29 is 14.6 Å². The van der Waals surface area contributed by atoms with Crippen molar-refractivity contribution in [2.75, 3.05) is 7.11 Å². The third-order valence-electron chi connectivity index (χ3n) is 3.18. The van der Waals surface area contributed by atoms with E-state index in [1.165, 1.54) is 0 Å². The molecule has 3 nitrogen and oxygen atoms in total. The molecule has 0 bridgehead atoms. The van der Waals surface area contributed by atoms with E-state index in [0.717, 1.165) is 22.4 Å². The van der Waals surface area contributed by atoms with Gasteiger partial charge in [-0.05, 0) is 24.1 Å². The van der Waals surface area contributed by atoms with Crippen molar-refractivity contribution in [1.82, 2.24) is 0 Å². The summed E-state index contributed by atoms with van der Waals surface area (Å²) in [6.45, 7) is 1.68. The van der Waals surface area contributed by atoms with Crippen molar-refractivity contribution in [3.8, 4) is 16.9 Å². The van der Waals surface area contributed by atoms with E-state index in [2.05, 4.69) is 0 Å². The van der Waals surface area contributed by atoms with Crippen LogP contribution in [0.15, 0.2) is 48.5 Å². The molecule has 2 aromatic rings. The predicted octanol–water partition coefficient (Wildman–Crippen LogP) is 3.55. The third kappa shape index (κ3) is 2.76. The number of benzene rings is 2. The Kier molecular flexibility index (Phi) is 3.85. The molecule has 0 aliphatic rings. The van der Waals surface area contributed by atoms with E-state index in [0.29, 0.717) is 0 Å². The van der Waals surface area contributed by atoms with Crippen LogP contribution >= 0.6 is 0 Å². The molecule has 1 unspecified atom stereocenters. The van der Waals surface area contributed by atoms with Gasteiger partial charge in [-0.3, -0.25) is 4.79 Å². The molecule has 0 aliphatic heterocycles. The summed E-state index contributed by atoms with van der Waals surface area (Å²) in [7, 11) is 1.63. The van der Waals surface area contributed by atoms with Crippen molar-refractivity contribution in [1.29, 1.82) is 0 Å². The van der Waals surface area contributed by atoms with Gasteiger partial charge >= 0.3 is 5.97 Å². The number of hydrogen-bond donors (Lipinski definition) is 1. The summed E-state index contributed by atoms with van der Waals surface area (Å²) in [5.41, 5.74) is 2.71. The topological polar surface area (TPSA) is 46.5 Å². The number of hydrogen-bond acceptors (Lipinski definition) is 2. The number of methoxy groups -OCH3 is 1. The minimum atomic E-state index is -0.822. The maximum Gasteiger partial charge on any atom is 0.310 e. The Balaban J connectivity index is 2.46. The average Bonchev–Trinajstić information content (AvgIpc) is 2.46. The van der Waals surface area contributed by atoms with Crippen molar-refractivity contribution in [3.63, 3.8) is 0 Å². The van der Waals surface area contributed by atoms with Gasteiger partial charge in [-0.15, -0.1) is 0 Å². The summed E-state index contributed by atoms with van der Waals surface area (Å²) in [6.07, 6.45) is 0. The quantitative estimate of drug-likeness (QED) is 0.910. The molecule has 98 valence electrons. The largest absolute Gasteiger partial charge is 0.496 e. The summed E-state index contributed by atoms with van der Waals surface area (Å²) in [5.74, 6) is -0.561. The summed E-state index contributed by atoms with van der Waals surface area (Å²) < 4.78 is 5.33. The zero-order valence-electron chi connectivity index (χ0n) is 11.0. The molecule has 0 saturated heterocycles. The fourth-order valence-corrected chi connectivity index (χ4v) is 2.00. The zero-order chi connectivity index (χ0) is 13.8. The maximum atomic E-state index is 11.0. The van der Waals surface area contributed by atoms with E-state index in [1.807, 2.05) is 48.5 Å². The van der Waals surface area contributed by atoms with Gasteiger partial charge in [0.15, 0.2) is 0 Å². The molecule has 0 fully saturated rings. The molecule has 0 saturated carbocycles. The Morgan fingerprint density at radius 2 is 1.89 bits per heavy atom. The molecule has 1 atom stereocenters. The molecule has 0 amide bonds. The first-order chi connectivity index (χ1) is 9.13. The number of ether oxygens (including phenoxy) is 1. The maximum absolute atomic E-state index is 11.0. The van der Waals surface area contributed by atoms with Gasteiger partial charge in [0.05, 0.1) is 13.0 Å². The van der Waals surface area contributed by atoms with Crippen LogP contribution in [-0.4, -0.2) is 18.2 Å². The second-order valence-corrected chi connectivity index (χ2v) is 4.39. The molecule has 0 spiro atoms. The lowest BCUT2D eigenvalue weighted by Crippen LogP contribution is -2.07. The standard InChI is InChI=1S/C16H16O3/c1-11(16(17)18)12-6-5-7-13(10-12)14-8-3-4-9-15(14)19-2/h3-11H,1-2H3,(H,17,18). The summed E-state index contributed by atoms with van der Waals surface area (Å²) in [4.78, 5) is 11.0. The molecule has 0 heterocycles. The van der Waals surface area contributed by atoms with E-state index >= 15 is 0 Å². The Labute approximate surface area is 112 Å². The Morgan fingerprint density at radius 1 is 1.16 bits per heavy atom. The summed E-state index contributed by atoms with van der Waals surface area (Å²) in [5, 5.41) is 9.07. The smallest absolute Gasteiger partial charge is 0.310 e. The molecular weight excluding hydrogens is 240 g/mol. The van der Waals surface area contributed by atoms with Gasteiger partial charge in [-0.25, -0.2) is 0 Å². The van der Waals surface area contributed by atoms with Crippen molar-refractivity contribution in [2.24, 2.45) is 0 Å². The second-order valence-electron chi connectivity index (χ2n) is 4.39. The lowest BCUT2D eigenvalue weighted by Gasteiger charge is -2.11. The zero-order valence-corrected chi connectivity index (χ0v) is 11.0. The highest BCUT2D eigenvalue weighted by Gasteiger charge is 2.14. The first kappa shape index (κ1) is 13.1. The molecular formula is C16H16O3. The van der Waals surface area contributed by atoms with Crippen LogP contribution in [0.1, 0.15) is 18.4 Å².